The smallest absolute Gasteiger partial charge is 0.231 e. The van der Waals surface area contributed by atoms with Gasteiger partial charge in [0.2, 0.25) is 12.7 Å². The van der Waals surface area contributed by atoms with Gasteiger partial charge in [0.15, 0.2) is 16.6 Å². The van der Waals surface area contributed by atoms with E-state index < -0.39 is 0 Å². The summed E-state index contributed by atoms with van der Waals surface area (Å²) < 4.78 is 10.6. The first-order valence-electron chi connectivity index (χ1n) is 6.13. The van der Waals surface area contributed by atoms with Crippen molar-refractivity contribution in [1.29, 1.82) is 0 Å². The molecule has 3 rings (SSSR count). The van der Waals surface area contributed by atoms with Gasteiger partial charge in [0, 0.05) is 12.0 Å². The number of carbonyl (C=O) groups excluding carboxylic acids is 1. The van der Waals surface area contributed by atoms with Crippen molar-refractivity contribution in [3.05, 3.63) is 18.2 Å². The van der Waals surface area contributed by atoms with Crippen molar-refractivity contribution in [2.24, 2.45) is 0 Å². The van der Waals surface area contributed by atoms with Crippen LogP contribution < -0.4 is 20.5 Å². The lowest BCUT2D eigenvalue weighted by Gasteiger charge is -2.01. The highest BCUT2D eigenvalue weighted by Gasteiger charge is 2.17. The van der Waals surface area contributed by atoms with Crippen LogP contribution in [0.3, 0.4) is 0 Å². The average Bonchev–Trinajstić information content (AvgIpc) is 3.04. The number of hydrogen-bond acceptors (Lipinski definition) is 6. The van der Waals surface area contributed by atoms with Crippen molar-refractivity contribution < 1.29 is 14.3 Å². The molecule has 0 bridgehead atoms. The predicted octanol–water partition coefficient (Wildman–Crippen LogP) is 2.47. The number of ether oxygens (including phenoxy) is 2. The molecule has 2 aromatic rings. The number of nitrogens with one attached hydrogen (secondary N) is 1. The quantitative estimate of drug-likeness (QED) is 0.907. The number of fused-ring (bicyclic) bond motifs is 1. The number of nitrogens with two attached hydrogens (primary N) is 1. The molecule has 1 aliphatic heterocycles. The van der Waals surface area contributed by atoms with Crippen LogP contribution in [0.1, 0.15) is 13.3 Å². The van der Waals surface area contributed by atoms with Gasteiger partial charge >= 0.3 is 0 Å². The van der Waals surface area contributed by atoms with Gasteiger partial charge in [-0.15, -0.1) is 0 Å². The number of benzene rings is 1. The van der Waals surface area contributed by atoms with Crippen LogP contribution in [-0.2, 0) is 4.79 Å². The summed E-state index contributed by atoms with van der Waals surface area (Å²) in [5, 5.41) is 3.76. The molecular weight excluding hydrogens is 278 g/mol. The van der Waals surface area contributed by atoms with Crippen LogP contribution in [0.25, 0.3) is 11.3 Å². The Hall–Kier alpha value is -2.28. The zero-order valence-electron chi connectivity index (χ0n) is 10.8. The van der Waals surface area contributed by atoms with Crippen molar-refractivity contribution in [3.63, 3.8) is 0 Å². The Kier molecular flexibility index (Phi) is 3.19. The van der Waals surface area contributed by atoms with Crippen molar-refractivity contribution in [2.75, 3.05) is 17.8 Å². The Labute approximate surface area is 119 Å². The Morgan fingerprint density at radius 3 is 3.05 bits per heavy atom. The van der Waals surface area contributed by atoms with Crippen molar-refractivity contribution in [2.45, 2.75) is 13.3 Å². The first kappa shape index (κ1) is 12.7. The van der Waals surface area contributed by atoms with Crippen LogP contribution in [0.15, 0.2) is 18.2 Å². The minimum atomic E-state index is -0.0870. The van der Waals surface area contributed by atoms with E-state index in [2.05, 4.69) is 10.3 Å². The van der Waals surface area contributed by atoms with Crippen LogP contribution in [-0.4, -0.2) is 17.7 Å². The molecule has 0 unspecified atom stereocenters. The van der Waals surface area contributed by atoms with Gasteiger partial charge in [-0.2, -0.15) is 0 Å². The highest BCUT2D eigenvalue weighted by atomic mass is 32.1. The minimum Gasteiger partial charge on any atom is -0.454 e. The van der Waals surface area contributed by atoms with E-state index in [1.807, 2.05) is 18.2 Å². The maximum absolute atomic E-state index is 11.4. The average molecular weight is 291 g/mol. The Morgan fingerprint density at radius 2 is 2.25 bits per heavy atom. The van der Waals surface area contributed by atoms with E-state index in [-0.39, 0.29) is 12.7 Å². The van der Waals surface area contributed by atoms with Crippen LogP contribution >= 0.6 is 11.3 Å². The summed E-state index contributed by atoms with van der Waals surface area (Å²) >= 11 is 1.25. The van der Waals surface area contributed by atoms with Gasteiger partial charge in [-0.05, 0) is 18.2 Å². The van der Waals surface area contributed by atoms with Crippen LogP contribution in [0, 0.1) is 0 Å². The largest absolute Gasteiger partial charge is 0.454 e. The van der Waals surface area contributed by atoms with Crippen molar-refractivity contribution in [1.82, 2.24) is 4.98 Å². The summed E-state index contributed by atoms with van der Waals surface area (Å²) in [5.41, 5.74) is 7.44. The van der Waals surface area contributed by atoms with Gasteiger partial charge in [0.1, 0.15) is 10.7 Å². The second-order valence-corrected chi connectivity index (χ2v) is 5.23. The summed E-state index contributed by atoms with van der Waals surface area (Å²) in [6.45, 7) is 2.01. The van der Waals surface area contributed by atoms with Gasteiger partial charge in [0.05, 0.1) is 0 Å². The zero-order chi connectivity index (χ0) is 14.1. The van der Waals surface area contributed by atoms with Crippen LogP contribution in [0.2, 0.25) is 0 Å². The molecular formula is C13H13N3O3S. The summed E-state index contributed by atoms with van der Waals surface area (Å²) in [4.78, 5) is 15.7. The second kappa shape index (κ2) is 5.01. The van der Waals surface area contributed by atoms with E-state index in [9.17, 15) is 4.79 Å². The standard InChI is InChI=1S/C13H13N3O3S/c1-2-10(17)15-13-16-11(12(14)20-13)7-3-4-8-9(5-7)19-6-18-8/h3-5H,2,6,14H2,1H3,(H,15,16,17). The summed E-state index contributed by atoms with van der Waals surface area (Å²) in [6, 6.07) is 5.52. The molecule has 1 aliphatic rings. The molecule has 104 valence electrons. The van der Waals surface area contributed by atoms with E-state index in [0.717, 1.165) is 5.56 Å². The Balaban J connectivity index is 1.92. The fraction of sp³-hybridized carbons (Fsp3) is 0.231. The molecule has 0 spiro atoms. The highest BCUT2D eigenvalue weighted by Crippen LogP contribution is 2.39. The second-order valence-electron chi connectivity index (χ2n) is 4.20. The highest BCUT2D eigenvalue weighted by molar-refractivity contribution is 7.20. The number of carbonyl (C=O) groups is 1. The van der Waals surface area contributed by atoms with E-state index in [1.54, 1.807) is 6.92 Å². The number of thiazole rings is 1. The lowest BCUT2D eigenvalue weighted by Crippen LogP contribution is -2.08. The van der Waals surface area contributed by atoms with Crippen LogP contribution in [0.5, 0.6) is 11.5 Å². The molecule has 6 nitrogen and oxygen atoms in total. The topological polar surface area (TPSA) is 86.5 Å². The molecule has 0 aliphatic carbocycles. The number of aromatic nitrogens is 1. The molecule has 0 saturated carbocycles. The van der Waals surface area contributed by atoms with E-state index in [0.29, 0.717) is 33.7 Å². The Morgan fingerprint density at radius 1 is 1.45 bits per heavy atom. The zero-order valence-corrected chi connectivity index (χ0v) is 11.6. The number of nitrogen functional groups attached to an aromatic ring is 1. The van der Waals surface area contributed by atoms with Gasteiger partial charge in [-0.25, -0.2) is 4.98 Å². The fourth-order valence-corrected chi connectivity index (χ4v) is 2.61. The predicted molar refractivity (Wildman–Crippen MR) is 77.0 cm³/mol. The third-order valence-corrected chi connectivity index (χ3v) is 3.67. The number of anilines is 2. The van der Waals surface area contributed by atoms with Gasteiger partial charge < -0.3 is 20.5 Å². The Bertz CT molecular complexity index is 669. The number of rotatable bonds is 3. The number of nitrogens with zero attached hydrogens (tertiary/aromatic N) is 1. The van der Waals surface area contributed by atoms with Crippen molar-refractivity contribution >= 4 is 27.4 Å². The van der Waals surface area contributed by atoms with Crippen molar-refractivity contribution in [3.8, 4) is 22.8 Å². The third kappa shape index (κ3) is 2.27. The SMILES string of the molecule is CCC(=O)Nc1nc(-c2ccc3c(c2)OCO3)c(N)s1. The maximum atomic E-state index is 11.4. The first-order chi connectivity index (χ1) is 9.67. The number of hydrogen-bond donors (Lipinski definition) is 2. The monoisotopic (exact) mass is 291 g/mol. The minimum absolute atomic E-state index is 0.0870. The fourth-order valence-electron chi connectivity index (χ4n) is 1.84. The van der Waals surface area contributed by atoms with E-state index in [1.165, 1.54) is 11.3 Å². The molecule has 1 amide bonds. The molecule has 1 aromatic heterocycles. The van der Waals surface area contributed by atoms with Crippen LogP contribution in [0.4, 0.5) is 10.1 Å². The van der Waals surface area contributed by atoms with Gasteiger partial charge in [0.25, 0.3) is 0 Å². The molecule has 2 heterocycles. The summed E-state index contributed by atoms with van der Waals surface area (Å²) in [5.74, 6) is 1.30. The normalized spacial score (nSPS) is 12.4. The van der Waals surface area contributed by atoms with E-state index in [4.69, 9.17) is 15.2 Å². The maximum Gasteiger partial charge on any atom is 0.231 e. The molecule has 3 N–H and O–H groups in total. The third-order valence-electron chi connectivity index (χ3n) is 2.87. The lowest BCUT2D eigenvalue weighted by molar-refractivity contribution is -0.115. The van der Waals surface area contributed by atoms with E-state index >= 15 is 0 Å². The van der Waals surface area contributed by atoms with Gasteiger partial charge in [-0.3, -0.25) is 4.79 Å². The molecule has 0 saturated heterocycles. The molecule has 0 atom stereocenters. The first-order valence-corrected chi connectivity index (χ1v) is 6.95. The lowest BCUT2D eigenvalue weighted by atomic mass is 10.1. The summed E-state index contributed by atoms with van der Waals surface area (Å²) in [7, 11) is 0. The van der Waals surface area contributed by atoms with Gasteiger partial charge in [-0.1, -0.05) is 18.3 Å². The molecule has 1 aromatic carbocycles. The molecule has 0 radical (unpaired) electrons. The summed E-state index contributed by atoms with van der Waals surface area (Å²) in [6.07, 6.45) is 0.402. The molecule has 20 heavy (non-hydrogen) atoms. The molecule has 0 fully saturated rings. The molecule has 7 heteroatoms. The number of amides is 1.